The fraction of sp³-hybridized carbons (Fsp3) is 0.552. The molecule has 3 aliphatic rings. The molecule has 7 atom stereocenters. The van der Waals surface area contributed by atoms with Crippen LogP contribution in [0.2, 0.25) is 0 Å². The molecule has 214 valence electrons. The number of aliphatic hydroxyl groups excluding tert-OH is 1. The first-order valence-electron chi connectivity index (χ1n) is 13.9. The van der Waals surface area contributed by atoms with Gasteiger partial charge in [0.15, 0.2) is 0 Å². The predicted molar refractivity (Wildman–Crippen MR) is 145 cm³/mol. The van der Waals surface area contributed by atoms with E-state index in [9.17, 15) is 19.5 Å². The van der Waals surface area contributed by atoms with Crippen molar-refractivity contribution in [3.05, 3.63) is 49.6 Å². The maximum absolute atomic E-state index is 14.6. The van der Waals surface area contributed by atoms with Crippen LogP contribution in [-0.2, 0) is 30.5 Å². The second kappa shape index (κ2) is 11.1. The average molecular weight is 552 g/mol. The largest absolute Gasteiger partial charge is 0.461 e. The van der Waals surface area contributed by atoms with Crippen molar-refractivity contribution in [2.24, 2.45) is 17.8 Å². The Morgan fingerprint density at radius 1 is 1.32 bits per heavy atom. The fourth-order valence-corrected chi connectivity index (χ4v) is 6.78. The van der Waals surface area contributed by atoms with Gasteiger partial charge in [0, 0.05) is 6.54 Å². The molecule has 0 saturated carbocycles. The van der Waals surface area contributed by atoms with Crippen LogP contribution in [0, 0.1) is 17.8 Å². The Morgan fingerprint density at radius 3 is 2.80 bits per heavy atom. The maximum Gasteiger partial charge on any atom is 0.312 e. The first kappa shape index (κ1) is 28.0. The molecule has 40 heavy (non-hydrogen) atoms. The molecule has 3 aliphatic heterocycles. The van der Waals surface area contributed by atoms with Gasteiger partial charge in [0.25, 0.3) is 0 Å². The molecule has 4 heterocycles. The van der Waals surface area contributed by atoms with Crippen LogP contribution in [0.3, 0.4) is 0 Å². The van der Waals surface area contributed by atoms with E-state index in [1.807, 2.05) is 38.1 Å². The Balaban J connectivity index is 1.56. The van der Waals surface area contributed by atoms with Crippen LogP contribution in [0.1, 0.15) is 33.1 Å². The van der Waals surface area contributed by atoms with Crippen molar-refractivity contribution in [2.45, 2.75) is 63.6 Å². The van der Waals surface area contributed by atoms with Gasteiger partial charge >= 0.3 is 5.97 Å². The van der Waals surface area contributed by atoms with Crippen LogP contribution in [0.5, 0.6) is 0 Å². The second-order valence-electron chi connectivity index (χ2n) is 10.9. The number of aromatic nitrogens is 3. The number of aliphatic hydroxyl groups is 1. The molecule has 3 saturated heterocycles. The van der Waals surface area contributed by atoms with Gasteiger partial charge in [-0.3, -0.25) is 14.4 Å². The monoisotopic (exact) mass is 551 g/mol. The number of carbonyl (C=O) groups is 3. The number of rotatable bonds is 12. The van der Waals surface area contributed by atoms with E-state index >= 15 is 0 Å². The van der Waals surface area contributed by atoms with E-state index < -0.39 is 41.6 Å². The van der Waals surface area contributed by atoms with Gasteiger partial charge in [0.1, 0.15) is 30.4 Å². The third kappa shape index (κ3) is 4.32. The Kier molecular flexibility index (Phi) is 7.78. The highest BCUT2D eigenvalue weighted by atomic mass is 16.6. The molecule has 5 rings (SSSR count). The van der Waals surface area contributed by atoms with Crippen molar-refractivity contribution in [1.29, 1.82) is 0 Å². The molecule has 2 amide bonds. The number of ether oxygens (including phenoxy) is 2. The average Bonchev–Trinajstić information content (AvgIpc) is 3.71. The molecule has 1 spiro atoms. The zero-order valence-corrected chi connectivity index (χ0v) is 23.0. The fourth-order valence-electron chi connectivity index (χ4n) is 6.78. The van der Waals surface area contributed by atoms with Crippen LogP contribution >= 0.6 is 0 Å². The SMILES string of the molecule is C=CCOC(=O)[C@@H]1[C@H]2C(=O)N([C@@H](CO)[C@@H](C)CC)C(C(=O)N(CC=C)Cn3nnc4ccccc43)C23CC[C@H]1O3. The van der Waals surface area contributed by atoms with Crippen molar-refractivity contribution in [3.63, 3.8) is 0 Å². The number of benzene rings is 1. The summed E-state index contributed by atoms with van der Waals surface area (Å²) < 4.78 is 13.5. The standard InChI is InChI=1S/C29H37N5O6/c1-5-14-32(17-33-20-11-9-8-10-19(20)30-31-33)27(37)25-29-13-12-22(40-29)23(28(38)39-15-6-2)24(29)26(36)34(25)21(16-35)18(4)7-3/h5-6,8-11,18,21-25,35H,1-2,7,12-17H2,3-4H3/t18-,21-,22+,23-,24-,25?,29?/m0/s1. The minimum atomic E-state index is -1.21. The van der Waals surface area contributed by atoms with Crippen LogP contribution < -0.4 is 0 Å². The number of para-hydroxylation sites is 1. The van der Waals surface area contributed by atoms with Crippen molar-refractivity contribution < 1.29 is 29.0 Å². The Labute approximate surface area is 233 Å². The number of carbonyl (C=O) groups excluding carboxylic acids is 3. The molecule has 1 aromatic heterocycles. The number of esters is 1. The first-order chi connectivity index (χ1) is 19.3. The topological polar surface area (TPSA) is 127 Å². The Bertz CT molecular complexity index is 1310. The van der Waals surface area contributed by atoms with Gasteiger partial charge < -0.3 is 24.4 Å². The van der Waals surface area contributed by atoms with E-state index in [2.05, 4.69) is 23.5 Å². The van der Waals surface area contributed by atoms with Gasteiger partial charge in [-0.15, -0.1) is 11.7 Å². The van der Waals surface area contributed by atoms with Gasteiger partial charge in [-0.2, -0.15) is 0 Å². The zero-order chi connectivity index (χ0) is 28.6. The van der Waals surface area contributed by atoms with Gasteiger partial charge in [-0.25, -0.2) is 4.68 Å². The summed E-state index contributed by atoms with van der Waals surface area (Å²) in [5.74, 6) is -3.05. The highest BCUT2D eigenvalue weighted by Crippen LogP contribution is 2.59. The molecule has 11 heteroatoms. The Morgan fingerprint density at radius 2 is 2.10 bits per heavy atom. The number of fused-ring (bicyclic) bond motifs is 2. The molecule has 3 fully saturated rings. The number of amides is 2. The maximum atomic E-state index is 14.6. The highest BCUT2D eigenvalue weighted by molar-refractivity contribution is 5.98. The quantitative estimate of drug-likeness (QED) is 0.313. The van der Waals surface area contributed by atoms with Crippen molar-refractivity contribution in [1.82, 2.24) is 24.8 Å². The summed E-state index contributed by atoms with van der Waals surface area (Å²) in [6, 6.07) is 5.79. The van der Waals surface area contributed by atoms with Crippen LogP contribution in [-0.4, -0.2) is 91.2 Å². The smallest absolute Gasteiger partial charge is 0.312 e. The van der Waals surface area contributed by atoms with Gasteiger partial charge in [0.05, 0.1) is 36.1 Å². The molecule has 0 radical (unpaired) electrons. The molecular formula is C29H37N5O6. The van der Waals surface area contributed by atoms with Crippen molar-refractivity contribution >= 4 is 28.8 Å². The van der Waals surface area contributed by atoms with Crippen molar-refractivity contribution in [2.75, 3.05) is 19.8 Å². The van der Waals surface area contributed by atoms with Gasteiger partial charge in [-0.05, 0) is 30.9 Å². The van der Waals surface area contributed by atoms with Crippen molar-refractivity contribution in [3.8, 4) is 0 Å². The number of hydrogen-bond donors (Lipinski definition) is 1. The lowest BCUT2D eigenvalue weighted by atomic mass is 9.70. The lowest BCUT2D eigenvalue weighted by Gasteiger charge is -2.40. The predicted octanol–water partition coefficient (Wildman–Crippen LogP) is 1.91. The minimum absolute atomic E-state index is 0.0210. The summed E-state index contributed by atoms with van der Waals surface area (Å²) >= 11 is 0. The summed E-state index contributed by atoms with van der Waals surface area (Å²) in [4.78, 5) is 45.1. The van der Waals surface area contributed by atoms with Gasteiger partial charge in [-0.1, -0.05) is 56.3 Å². The minimum Gasteiger partial charge on any atom is -0.461 e. The lowest BCUT2D eigenvalue weighted by molar-refractivity contribution is -0.157. The highest BCUT2D eigenvalue weighted by Gasteiger charge is 2.75. The molecular weight excluding hydrogens is 514 g/mol. The summed E-state index contributed by atoms with van der Waals surface area (Å²) in [5, 5.41) is 18.9. The van der Waals surface area contributed by atoms with E-state index in [1.54, 1.807) is 15.7 Å². The van der Waals surface area contributed by atoms with Crippen LogP contribution in [0.4, 0.5) is 0 Å². The number of hydrogen-bond acceptors (Lipinski definition) is 8. The summed E-state index contributed by atoms with van der Waals surface area (Å²) in [7, 11) is 0. The van der Waals surface area contributed by atoms with E-state index in [-0.39, 0.29) is 44.2 Å². The summed E-state index contributed by atoms with van der Waals surface area (Å²) in [5.41, 5.74) is 0.248. The van der Waals surface area contributed by atoms with E-state index in [0.717, 1.165) is 5.52 Å². The van der Waals surface area contributed by atoms with E-state index in [0.29, 0.717) is 24.8 Å². The number of likely N-dealkylation sites (tertiary alicyclic amines) is 1. The van der Waals surface area contributed by atoms with Crippen LogP contribution in [0.25, 0.3) is 11.0 Å². The molecule has 2 aromatic rings. The summed E-state index contributed by atoms with van der Waals surface area (Å²) in [6.07, 6.45) is 4.22. The molecule has 2 bridgehead atoms. The second-order valence-corrected chi connectivity index (χ2v) is 10.9. The first-order valence-corrected chi connectivity index (χ1v) is 13.9. The van der Waals surface area contributed by atoms with E-state index in [1.165, 1.54) is 11.0 Å². The molecule has 0 aliphatic carbocycles. The normalized spacial score (nSPS) is 28.4. The molecule has 1 aromatic carbocycles. The van der Waals surface area contributed by atoms with Gasteiger partial charge in [0.2, 0.25) is 11.8 Å². The summed E-state index contributed by atoms with van der Waals surface area (Å²) in [6.45, 7) is 11.3. The Hall–Kier alpha value is -3.57. The lowest BCUT2D eigenvalue weighted by Crippen LogP contribution is -2.60. The molecule has 1 N–H and O–H groups in total. The van der Waals surface area contributed by atoms with E-state index in [4.69, 9.17) is 9.47 Å². The molecule has 2 unspecified atom stereocenters. The van der Waals surface area contributed by atoms with Crippen LogP contribution in [0.15, 0.2) is 49.6 Å². The molecule has 11 nitrogen and oxygen atoms in total. The third-order valence-electron chi connectivity index (χ3n) is 8.82. The zero-order valence-electron chi connectivity index (χ0n) is 23.0. The number of nitrogens with zero attached hydrogens (tertiary/aromatic N) is 5. The third-order valence-corrected chi connectivity index (χ3v) is 8.82.